The quantitative estimate of drug-likeness (QED) is 0.552. The Kier molecular flexibility index (Phi) is 7.55. The maximum Gasteiger partial charge on any atom is 0.340 e. The molecule has 0 saturated heterocycles. The fourth-order valence-corrected chi connectivity index (χ4v) is 3.00. The number of amides is 1. The van der Waals surface area contributed by atoms with E-state index in [4.69, 9.17) is 14.2 Å². The summed E-state index contributed by atoms with van der Waals surface area (Å²) in [6.07, 6.45) is 0.971. The average Bonchev–Trinajstić information content (AvgIpc) is 2.71. The van der Waals surface area contributed by atoms with E-state index in [0.717, 1.165) is 10.5 Å². The zero-order chi connectivity index (χ0) is 19.8. The van der Waals surface area contributed by atoms with E-state index in [0.29, 0.717) is 17.1 Å². The number of methoxy groups -OCH3 is 2. The first kappa shape index (κ1) is 20.6. The van der Waals surface area contributed by atoms with E-state index >= 15 is 0 Å². The molecule has 0 aromatic heterocycles. The van der Waals surface area contributed by atoms with Gasteiger partial charge in [0, 0.05) is 11.4 Å². The van der Waals surface area contributed by atoms with Gasteiger partial charge in [0.1, 0.15) is 0 Å². The van der Waals surface area contributed by atoms with Gasteiger partial charge in [0.15, 0.2) is 17.6 Å². The molecular formula is C20H23NO5S. The SMILES string of the molecule is COc1ccc(CNC(=O)[C@@H](C)OC(=O)c2ccccc2SC)cc1OC. The number of rotatable bonds is 8. The Bertz CT molecular complexity index is 809. The highest BCUT2D eigenvalue weighted by Gasteiger charge is 2.20. The Balaban J connectivity index is 1.95. The highest BCUT2D eigenvalue weighted by atomic mass is 32.2. The minimum Gasteiger partial charge on any atom is -0.493 e. The van der Waals surface area contributed by atoms with Gasteiger partial charge in [0.25, 0.3) is 5.91 Å². The Morgan fingerprint density at radius 2 is 1.78 bits per heavy atom. The van der Waals surface area contributed by atoms with Crippen molar-refractivity contribution in [3.8, 4) is 11.5 Å². The first-order valence-corrected chi connectivity index (χ1v) is 9.55. The molecule has 1 atom stereocenters. The predicted molar refractivity (Wildman–Crippen MR) is 104 cm³/mol. The number of hydrogen-bond acceptors (Lipinski definition) is 6. The molecule has 0 aliphatic rings. The lowest BCUT2D eigenvalue weighted by Gasteiger charge is -2.15. The summed E-state index contributed by atoms with van der Waals surface area (Å²) in [4.78, 5) is 25.4. The van der Waals surface area contributed by atoms with Crippen molar-refractivity contribution in [2.45, 2.75) is 24.5 Å². The zero-order valence-electron chi connectivity index (χ0n) is 15.8. The van der Waals surface area contributed by atoms with Gasteiger partial charge in [-0.1, -0.05) is 18.2 Å². The van der Waals surface area contributed by atoms with Gasteiger partial charge in [-0.2, -0.15) is 0 Å². The molecule has 0 bridgehead atoms. The number of esters is 1. The van der Waals surface area contributed by atoms with Gasteiger partial charge in [0.05, 0.1) is 19.8 Å². The second kappa shape index (κ2) is 9.87. The first-order chi connectivity index (χ1) is 13.0. The van der Waals surface area contributed by atoms with Crippen LogP contribution in [-0.4, -0.2) is 38.5 Å². The Morgan fingerprint density at radius 3 is 2.44 bits per heavy atom. The molecule has 27 heavy (non-hydrogen) atoms. The predicted octanol–water partition coefficient (Wildman–Crippen LogP) is 3.29. The maximum atomic E-state index is 12.3. The second-order valence-corrected chi connectivity index (χ2v) is 6.50. The molecule has 0 radical (unpaired) electrons. The van der Waals surface area contributed by atoms with Gasteiger partial charge in [-0.15, -0.1) is 11.8 Å². The number of carbonyl (C=O) groups is 2. The van der Waals surface area contributed by atoms with Crippen molar-refractivity contribution < 1.29 is 23.8 Å². The third-order valence-electron chi connectivity index (χ3n) is 3.89. The first-order valence-electron chi connectivity index (χ1n) is 8.32. The van der Waals surface area contributed by atoms with Crippen molar-refractivity contribution in [1.29, 1.82) is 0 Å². The molecule has 7 heteroatoms. The Morgan fingerprint density at radius 1 is 1.07 bits per heavy atom. The van der Waals surface area contributed by atoms with Gasteiger partial charge in [-0.05, 0) is 43.0 Å². The van der Waals surface area contributed by atoms with E-state index in [9.17, 15) is 9.59 Å². The summed E-state index contributed by atoms with van der Waals surface area (Å²) in [5, 5.41) is 2.76. The Labute approximate surface area is 163 Å². The van der Waals surface area contributed by atoms with Crippen molar-refractivity contribution in [1.82, 2.24) is 5.32 Å². The maximum absolute atomic E-state index is 12.3. The van der Waals surface area contributed by atoms with E-state index in [1.807, 2.05) is 24.5 Å². The fourth-order valence-electron chi connectivity index (χ4n) is 2.41. The molecule has 0 saturated carbocycles. The van der Waals surface area contributed by atoms with Crippen LogP contribution in [0.4, 0.5) is 0 Å². The number of benzene rings is 2. The van der Waals surface area contributed by atoms with E-state index in [1.54, 1.807) is 45.4 Å². The summed E-state index contributed by atoms with van der Waals surface area (Å²) < 4.78 is 15.7. The number of ether oxygens (including phenoxy) is 3. The van der Waals surface area contributed by atoms with Crippen LogP contribution in [0.15, 0.2) is 47.4 Å². The molecule has 2 aromatic carbocycles. The molecule has 0 spiro atoms. The molecule has 1 N–H and O–H groups in total. The minimum atomic E-state index is -0.910. The second-order valence-electron chi connectivity index (χ2n) is 5.65. The normalized spacial score (nSPS) is 11.4. The van der Waals surface area contributed by atoms with Crippen LogP contribution in [0, 0.1) is 0 Å². The number of thioether (sulfide) groups is 1. The van der Waals surface area contributed by atoms with Crippen LogP contribution in [-0.2, 0) is 16.1 Å². The van der Waals surface area contributed by atoms with Gasteiger partial charge in [0.2, 0.25) is 0 Å². The topological polar surface area (TPSA) is 73.9 Å². The summed E-state index contributed by atoms with van der Waals surface area (Å²) in [7, 11) is 3.11. The smallest absolute Gasteiger partial charge is 0.340 e. The minimum absolute atomic E-state index is 0.280. The van der Waals surface area contributed by atoms with Crippen LogP contribution in [0.2, 0.25) is 0 Å². The molecule has 6 nitrogen and oxygen atoms in total. The monoisotopic (exact) mass is 389 g/mol. The third kappa shape index (κ3) is 5.40. The zero-order valence-corrected chi connectivity index (χ0v) is 16.6. The molecule has 2 aromatic rings. The molecule has 2 rings (SSSR count). The largest absolute Gasteiger partial charge is 0.493 e. The number of hydrogen-bond donors (Lipinski definition) is 1. The van der Waals surface area contributed by atoms with Crippen molar-refractivity contribution >= 4 is 23.6 Å². The van der Waals surface area contributed by atoms with Gasteiger partial charge >= 0.3 is 5.97 Å². The molecule has 1 amide bonds. The average molecular weight is 389 g/mol. The van der Waals surface area contributed by atoms with E-state index in [2.05, 4.69) is 5.32 Å². The summed E-state index contributed by atoms with van der Waals surface area (Å²) in [5.41, 5.74) is 1.29. The lowest BCUT2D eigenvalue weighted by atomic mass is 10.2. The molecule has 0 unspecified atom stereocenters. The standard InChI is InChI=1S/C20H23NO5S/c1-13(26-20(23)15-7-5-6-8-18(15)27-4)19(22)21-12-14-9-10-16(24-2)17(11-14)25-3/h5-11,13H,12H2,1-4H3,(H,21,22)/t13-/m1/s1. The van der Waals surface area contributed by atoms with Crippen LogP contribution in [0.5, 0.6) is 11.5 Å². The number of nitrogens with one attached hydrogen (secondary N) is 1. The van der Waals surface area contributed by atoms with Crippen molar-refractivity contribution in [2.75, 3.05) is 20.5 Å². The van der Waals surface area contributed by atoms with E-state index < -0.39 is 12.1 Å². The molecule has 0 heterocycles. The summed E-state index contributed by atoms with van der Waals surface area (Å²) in [6, 6.07) is 12.5. The summed E-state index contributed by atoms with van der Waals surface area (Å²) in [5.74, 6) is 0.299. The van der Waals surface area contributed by atoms with E-state index in [-0.39, 0.29) is 12.5 Å². The highest BCUT2D eigenvalue weighted by Crippen LogP contribution is 2.27. The van der Waals surface area contributed by atoms with Crippen LogP contribution >= 0.6 is 11.8 Å². The molecule has 0 aliphatic carbocycles. The van der Waals surface area contributed by atoms with Crippen molar-refractivity contribution in [3.05, 3.63) is 53.6 Å². The molecule has 144 valence electrons. The Hall–Kier alpha value is -2.67. The van der Waals surface area contributed by atoms with Crippen molar-refractivity contribution in [3.63, 3.8) is 0 Å². The van der Waals surface area contributed by atoms with Crippen molar-refractivity contribution in [2.24, 2.45) is 0 Å². The molecule has 0 aliphatic heterocycles. The third-order valence-corrected chi connectivity index (χ3v) is 4.69. The van der Waals surface area contributed by atoms with Crippen LogP contribution in [0.3, 0.4) is 0 Å². The molecular weight excluding hydrogens is 366 g/mol. The van der Waals surface area contributed by atoms with Gasteiger partial charge < -0.3 is 19.5 Å². The van der Waals surface area contributed by atoms with Gasteiger partial charge in [-0.25, -0.2) is 4.79 Å². The van der Waals surface area contributed by atoms with Crippen LogP contribution < -0.4 is 14.8 Å². The van der Waals surface area contributed by atoms with E-state index in [1.165, 1.54) is 11.8 Å². The van der Waals surface area contributed by atoms with Crippen LogP contribution in [0.25, 0.3) is 0 Å². The summed E-state index contributed by atoms with van der Waals surface area (Å²) in [6.45, 7) is 1.83. The summed E-state index contributed by atoms with van der Waals surface area (Å²) >= 11 is 1.45. The number of carbonyl (C=O) groups excluding carboxylic acids is 2. The molecule has 0 fully saturated rings. The van der Waals surface area contributed by atoms with Crippen LogP contribution in [0.1, 0.15) is 22.8 Å². The van der Waals surface area contributed by atoms with Gasteiger partial charge in [-0.3, -0.25) is 4.79 Å². The lowest BCUT2D eigenvalue weighted by molar-refractivity contribution is -0.129. The fraction of sp³-hybridized carbons (Fsp3) is 0.300. The highest BCUT2D eigenvalue weighted by molar-refractivity contribution is 7.98. The lowest BCUT2D eigenvalue weighted by Crippen LogP contribution is -2.35.